The fraction of sp³-hybridized carbons (Fsp3) is 0.0909. The van der Waals surface area contributed by atoms with Gasteiger partial charge < -0.3 is 10.4 Å². The summed E-state index contributed by atoms with van der Waals surface area (Å²) in [6, 6.07) is 6.75. The molecule has 0 aliphatic rings. The summed E-state index contributed by atoms with van der Waals surface area (Å²) in [5.74, 6) is -0.953. The van der Waals surface area contributed by atoms with Crippen molar-refractivity contribution in [1.29, 1.82) is 0 Å². The summed E-state index contributed by atoms with van der Waals surface area (Å²) in [4.78, 5) is 15.0. The van der Waals surface area contributed by atoms with Crippen molar-refractivity contribution in [1.82, 2.24) is 4.98 Å². The van der Waals surface area contributed by atoms with Crippen LogP contribution < -0.4 is 5.32 Å². The topological polar surface area (TPSA) is 62.2 Å². The number of hydrogen-bond donors (Lipinski definition) is 2. The third-order valence-corrected chi connectivity index (χ3v) is 3.23. The first kappa shape index (κ1) is 11.9. The number of nitrogens with one attached hydrogen (secondary N) is 1. The molecule has 0 radical (unpaired) electrons. The van der Waals surface area contributed by atoms with Crippen molar-refractivity contribution in [2.24, 2.45) is 0 Å². The first-order valence-corrected chi connectivity index (χ1v) is 6.02. The largest absolute Gasteiger partial charge is 0.478 e. The number of carbonyl (C=O) groups is 1. The lowest BCUT2D eigenvalue weighted by Gasteiger charge is -2.07. The van der Waals surface area contributed by atoms with Crippen LogP contribution in [0.2, 0.25) is 4.34 Å². The molecule has 0 spiro atoms. The maximum absolute atomic E-state index is 11.0. The summed E-state index contributed by atoms with van der Waals surface area (Å²) in [7, 11) is 0. The van der Waals surface area contributed by atoms with Gasteiger partial charge in [-0.3, -0.25) is 0 Å². The smallest absolute Gasteiger partial charge is 0.337 e. The van der Waals surface area contributed by atoms with Gasteiger partial charge in [-0.05, 0) is 12.1 Å². The van der Waals surface area contributed by atoms with Crippen LogP contribution in [0.15, 0.2) is 30.5 Å². The molecular formula is C11H9ClN2O2S. The van der Waals surface area contributed by atoms with Gasteiger partial charge >= 0.3 is 5.97 Å². The van der Waals surface area contributed by atoms with Crippen LogP contribution in [-0.4, -0.2) is 16.1 Å². The van der Waals surface area contributed by atoms with Crippen molar-refractivity contribution in [3.63, 3.8) is 0 Å². The Labute approximate surface area is 107 Å². The zero-order valence-corrected chi connectivity index (χ0v) is 10.3. The molecule has 4 nitrogen and oxygen atoms in total. The molecule has 6 heteroatoms. The first-order chi connectivity index (χ1) is 8.16. The van der Waals surface area contributed by atoms with Gasteiger partial charge in [-0.1, -0.05) is 23.7 Å². The van der Waals surface area contributed by atoms with Crippen molar-refractivity contribution in [3.05, 3.63) is 45.4 Å². The second-order valence-corrected chi connectivity index (χ2v) is 5.01. The standard InChI is InChI=1S/C11H9ClN2O2S/c12-9-5-14-10(17-9)6-13-8-4-2-1-3-7(8)11(15)16/h1-5,13H,6H2,(H,15,16). The number of nitrogens with zero attached hydrogens (tertiary/aromatic N) is 1. The third-order valence-electron chi connectivity index (χ3n) is 2.11. The van der Waals surface area contributed by atoms with E-state index in [9.17, 15) is 4.79 Å². The first-order valence-electron chi connectivity index (χ1n) is 4.83. The molecular weight excluding hydrogens is 260 g/mol. The van der Waals surface area contributed by atoms with Crippen LogP contribution >= 0.6 is 22.9 Å². The van der Waals surface area contributed by atoms with E-state index in [-0.39, 0.29) is 5.56 Å². The van der Waals surface area contributed by atoms with Gasteiger partial charge in [-0.15, -0.1) is 11.3 Å². The Hall–Kier alpha value is -1.59. The predicted octanol–water partition coefficient (Wildman–Crippen LogP) is 3.11. The Bertz CT molecular complexity index is 542. The molecule has 2 N–H and O–H groups in total. The number of benzene rings is 1. The van der Waals surface area contributed by atoms with E-state index in [0.29, 0.717) is 16.6 Å². The summed E-state index contributed by atoms with van der Waals surface area (Å²) in [5.41, 5.74) is 0.821. The molecule has 0 saturated carbocycles. The summed E-state index contributed by atoms with van der Waals surface area (Å²) < 4.78 is 0.619. The SMILES string of the molecule is O=C(O)c1ccccc1NCc1ncc(Cl)s1. The van der Waals surface area contributed by atoms with E-state index in [4.69, 9.17) is 16.7 Å². The quantitative estimate of drug-likeness (QED) is 0.894. The second kappa shape index (κ2) is 5.16. The minimum absolute atomic E-state index is 0.246. The molecule has 0 saturated heterocycles. The lowest BCUT2D eigenvalue weighted by Crippen LogP contribution is -2.05. The molecule has 2 aromatic rings. The van der Waals surface area contributed by atoms with Crippen molar-refractivity contribution < 1.29 is 9.90 Å². The van der Waals surface area contributed by atoms with Crippen molar-refractivity contribution in [2.75, 3.05) is 5.32 Å². The number of halogens is 1. The Morgan fingerprint density at radius 2 is 2.24 bits per heavy atom. The zero-order valence-electron chi connectivity index (χ0n) is 8.68. The average Bonchev–Trinajstić information content (AvgIpc) is 2.73. The highest BCUT2D eigenvalue weighted by Gasteiger charge is 2.09. The molecule has 0 fully saturated rings. The molecule has 88 valence electrons. The van der Waals surface area contributed by atoms with Crippen molar-refractivity contribution in [2.45, 2.75) is 6.54 Å². The van der Waals surface area contributed by atoms with Crippen molar-refractivity contribution >= 4 is 34.6 Å². The average molecular weight is 269 g/mol. The molecule has 0 aliphatic heterocycles. The minimum Gasteiger partial charge on any atom is -0.478 e. The number of aromatic carboxylic acids is 1. The summed E-state index contributed by atoms with van der Waals surface area (Å²) >= 11 is 7.12. The monoisotopic (exact) mass is 268 g/mol. The van der Waals surface area contributed by atoms with E-state index < -0.39 is 5.97 Å². The zero-order chi connectivity index (χ0) is 12.3. The van der Waals surface area contributed by atoms with E-state index in [1.807, 2.05) is 0 Å². The highest BCUT2D eigenvalue weighted by atomic mass is 35.5. The van der Waals surface area contributed by atoms with Gasteiger partial charge in [0.25, 0.3) is 0 Å². The van der Waals surface area contributed by atoms with E-state index in [2.05, 4.69) is 10.3 Å². The normalized spacial score (nSPS) is 10.2. The van der Waals surface area contributed by atoms with Crippen LogP contribution in [-0.2, 0) is 6.54 Å². The number of aromatic nitrogens is 1. The Kier molecular flexibility index (Phi) is 3.61. The Morgan fingerprint density at radius 3 is 2.88 bits per heavy atom. The maximum Gasteiger partial charge on any atom is 0.337 e. The van der Waals surface area contributed by atoms with Gasteiger partial charge in [0.1, 0.15) is 9.34 Å². The fourth-order valence-electron chi connectivity index (χ4n) is 1.36. The van der Waals surface area contributed by atoms with Crippen LogP contribution in [0.4, 0.5) is 5.69 Å². The highest BCUT2D eigenvalue weighted by molar-refractivity contribution is 7.15. The van der Waals surface area contributed by atoms with Crippen LogP contribution in [0.5, 0.6) is 0 Å². The molecule has 2 rings (SSSR count). The molecule has 1 aromatic heterocycles. The maximum atomic E-state index is 11.0. The van der Waals surface area contributed by atoms with E-state index >= 15 is 0 Å². The summed E-state index contributed by atoms with van der Waals surface area (Å²) in [6.45, 7) is 0.460. The highest BCUT2D eigenvalue weighted by Crippen LogP contribution is 2.20. The number of para-hydroxylation sites is 1. The van der Waals surface area contributed by atoms with E-state index in [0.717, 1.165) is 5.01 Å². The molecule has 1 aromatic carbocycles. The minimum atomic E-state index is -0.953. The van der Waals surface area contributed by atoms with Crippen molar-refractivity contribution in [3.8, 4) is 0 Å². The molecule has 0 aliphatic carbocycles. The summed E-state index contributed by atoms with van der Waals surface area (Å²) in [5, 5.41) is 12.8. The second-order valence-electron chi connectivity index (χ2n) is 3.26. The fourth-order valence-corrected chi connectivity index (χ4v) is 2.26. The lowest BCUT2D eigenvalue weighted by atomic mass is 10.2. The summed E-state index contributed by atoms with van der Waals surface area (Å²) in [6.07, 6.45) is 1.58. The number of carboxylic acids is 1. The number of carboxylic acid groups (broad SMARTS) is 1. The van der Waals surface area contributed by atoms with Gasteiger partial charge in [0.15, 0.2) is 0 Å². The molecule has 0 bridgehead atoms. The van der Waals surface area contributed by atoms with Gasteiger partial charge in [-0.25, -0.2) is 9.78 Å². The Morgan fingerprint density at radius 1 is 1.47 bits per heavy atom. The molecule has 1 heterocycles. The van der Waals surface area contributed by atoms with Gasteiger partial charge in [0, 0.05) is 5.69 Å². The predicted molar refractivity (Wildman–Crippen MR) is 67.9 cm³/mol. The lowest BCUT2D eigenvalue weighted by molar-refractivity contribution is 0.0698. The molecule has 0 unspecified atom stereocenters. The van der Waals surface area contributed by atoms with Crippen LogP contribution in [0.1, 0.15) is 15.4 Å². The molecule has 17 heavy (non-hydrogen) atoms. The number of hydrogen-bond acceptors (Lipinski definition) is 4. The Balaban J connectivity index is 2.11. The van der Waals surface area contributed by atoms with Gasteiger partial charge in [0.2, 0.25) is 0 Å². The molecule has 0 amide bonds. The number of anilines is 1. The number of rotatable bonds is 4. The van der Waals surface area contributed by atoms with Gasteiger partial charge in [-0.2, -0.15) is 0 Å². The van der Waals surface area contributed by atoms with Crippen LogP contribution in [0, 0.1) is 0 Å². The van der Waals surface area contributed by atoms with Crippen LogP contribution in [0.25, 0.3) is 0 Å². The van der Waals surface area contributed by atoms with E-state index in [1.54, 1.807) is 30.5 Å². The number of thiazole rings is 1. The van der Waals surface area contributed by atoms with Crippen LogP contribution in [0.3, 0.4) is 0 Å². The van der Waals surface area contributed by atoms with Gasteiger partial charge in [0.05, 0.1) is 18.3 Å². The van der Waals surface area contributed by atoms with E-state index in [1.165, 1.54) is 11.3 Å². The molecule has 0 atom stereocenters. The third kappa shape index (κ3) is 2.95.